The summed E-state index contributed by atoms with van der Waals surface area (Å²) in [5, 5.41) is 5.87. The van der Waals surface area contributed by atoms with E-state index >= 15 is 0 Å². The van der Waals surface area contributed by atoms with E-state index in [0.29, 0.717) is 5.82 Å². The van der Waals surface area contributed by atoms with Crippen molar-refractivity contribution >= 4 is 43.5 Å². The first-order chi connectivity index (χ1) is 28.2. The number of hydrogen-bond donors (Lipinski definition) is 0. The van der Waals surface area contributed by atoms with Crippen LogP contribution in [0.15, 0.2) is 206 Å². The van der Waals surface area contributed by atoms with Crippen LogP contribution in [0, 0.1) is 0 Å². The molecule has 57 heavy (non-hydrogen) atoms. The molecule has 3 aromatic heterocycles. The highest BCUT2D eigenvalue weighted by atomic mass is 15.0. The fraction of sp³-hybridized carbons (Fsp3) is 0. The minimum Gasteiger partial charge on any atom is -0.309 e. The van der Waals surface area contributed by atoms with Crippen LogP contribution < -0.4 is 0 Å². The fourth-order valence-electron chi connectivity index (χ4n) is 8.24. The lowest BCUT2D eigenvalue weighted by Crippen LogP contribution is -1.97. The minimum absolute atomic E-state index is 0.686. The third kappa shape index (κ3) is 5.74. The van der Waals surface area contributed by atoms with Crippen LogP contribution in [0.25, 0.3) is 105 Å². The third-order valence-electron chi connectivity index (χ3n) is 11.0. The van der Waals surface area contributed by atoms with Crippen molar-refractivity contribution in [1.29, 1.82) is 0 Å². The highest BCUT2D eigenvalue weighted by Gasteiger charge is 2.18. The standard InChI is InChI=1S/C53H34N4/c1-4-15-35(16-5-1)36-27-29-37(30-28-36)48-34-49(56-53(55-48)38-17-6-2-7-18-38)39-19-14-20-40(31-39)52-46-33-51-45(32-44(46)42-23-10-12-25-47(42)54-52)43-24-11-13-26-50(43)57(51)41-21-8-3-9-22-41/h1-34H. The second-order valence-corrected chi connectivity index (χ2v) is 14.4. The zero-order chi connectivity index (χ0) is 37.7. The number of fused-ring (bicyclic) bond motifs is 6. The van der Waals surface area contributed by atoms with Crippen LogP contribution in [0.3, 0.4) is 0 Å². The summed E-state index contributed by atoms with van der Waals surface area (Å²) in [6.07, 6.45) is 0. The molecule has 0 aliphatic rings. The normalized spacial score (nSPS) is 11.5. The Morgan fingerprint density at radius 2 is 0.877 bits per heavy atom. The van der Waals surface area contributed by atoms with E-state index in [2.05, 4.69) is 187 Å². The van der Waals surface area contributed by atoms with E-state index in [1.54, 1.807) is 0 Å². The third-order valence-corrected chi connectivity index (χ3v) is 11.0. The molecular weight excluding hydrogens is 693 g/mol. The molecule has 4 heteroatoms. The van der Waals surface area contributed by atoms with Gasteiger partial charge in [0.15, 0.2) is 5.82 Å². The zero-order valence-electron chi connectivity index (χ0n) is 30.9. The Hall–Kier alpha value is -7.69. The molecule has 0 aliphatic carbocycles. The molecule has 11 rings (SSSR count). The van der Waals surface area contributed by atoms with Gasteiger partial charge in [0, 0.05) is 49.5 Å². The molecule has 266 valence electrons. The maximum absolute atomic E-state index is 5.39. The summed E-state index contributed by atoms with van der Waals surface area (Å²) in [6, 6.07) is 72.6. The Bertz CT molecular complexity index is 3260. The van der Waals surface area contributed by atoms with Crippen molar-refractivity contribution in [3.05, 3.63) is 206 Å². The molecule has 4 nitrogen and oxygen atoms in total. The number of benzene rings is 8. The van der Waals surface area contributed by atoms with Gasteiger partial charge in [0.05, 0.1) is 33.6 Å². The molecule has 0 aliphatic heterocycles. The zero-order valence-corrected chi connectivity index (χ0v) is 30.9. The van der Waals surface area contributed by atoms with E-state index in [1.807, 2.05) is 24.3 Å². The van der Waals surface area contributed by atoms with E-state index in [0.717, 1.165) is 66.8 Å². The average Bonchev–Trinajstić information content (AvgIpc) is 3.62. The SMILES string of the molecule is c1ccc(-c2ccc(-c3cc(-c4cccc(-c5nc6ccccc6c6cc7c8ccccc8n(-c8ccccc8)c7cc56)c4)nc(-c4ccccc4)n3)cc2)cc1. The van der Waals surface area contributed by atoms with Gasteiger partial charge in [-0.25, -0.2) is 15.0 Å². The Labute approximate surface area is 330 Å². The van der Waals surface area contributed by atoms with Crippen molar-refractivity contribution in [2.75, 3.05) is 0 Å². The van der Waals surface area contributed by atoms with E-state index < -0.39 is 0 Å². The maximum atomic E-state index is 5.39. The monoisotopic (exact) mass is 726 g/mol. The molecule has 8 aromatic carbocycles. The number of nitrogens with zero attached hydrogens (tertiary/aromatic N) is 4. The molecule has 0 atom stereocenters. The Morgan fingerprint density at radius 1 is 0.298 bits per heavy atom. The van der Waals surface area contributed by atoms with E-state index in [4.69, 9.17) is 15.0 Å². The molecule has 0 amide bonds. The van der Waals surface area contributed by atoms with Crippen molar-refractivity contribution in [1.82, 2.24) is 19.5 Å². The van der Waals surface area contributed by atoms with E-state index in [9.17, 15) is 0 Å². The summed E-state index contributed by atoms with van der Waals surface area (Å²) in [5.74, 6) is 0.686. The number of para-hydroxylation sites is 3. The summed E-state index contributed by atoms with van der Waals surface area (Å²) in [5.41, 5.74) is 13.5. The van der Waals surface area contributed by atoms with Crippen molar-refractivity contribution in [2.24, 2.45) is 0 Å². The summed E-state index contributed by atoms with van der Waals surface area (Å²) in [4.78, 5) is 15.7. The van der Waals surface area contributed by atoms with E-state index in [1.165, 1.54) is 32.8 Å². The highest BCUT2D eigenvalue weighted by Crippen LogP contribution is 2.40. The first-order valence-corrected chi connectivity index (χ1v) is 19.3. The summed E-state index contributed by atoms with van der Waals surface area (Å²) < 4.78 is 2.37. The van der Waals surface area contributed by atoms with Gasteiger partial charge in [-0.15, -0.1) is 0 Å². The lowest BCUT2D eigenvalue weighted by atomic mass is 9.96. The van der Waals surface area contributed by atoms with Gasteiger partial charge in [-0.05, 0) is 65.0 Å². The molecule has 0 bridgehead atoms. The number of rotatable bonds is 6. The van der Waals surface area contributed by atoms with Crippen molar-refractivity contribution in [2.45, 2.75) is 0 Å². The summed E-state index contributed by atoms with van der Waals surface area (Å²) in [6.45, 7) is 0. The lowest BCUT2D eigenvalue weighted by Gasteiger charge is -2.14. The van der Waals surface area contributed by atoms with Crippen LogP contribution in [0.4, 0.5) is 0 Å². The number of hydrogen-bond acceptors (Lipinski definition) is 3. The quantitative estimate of drug-likeness (QED) is 0.160. The fourth-order valence-corrected chi connectivity index (χ4v) is 8.24. The molecule has 11 aromatic rings. The van der Waals surface area contributed by atoms with Crippen LogP contribution in [-0.4, -0.2) is 19.5 Å². The van der Waals surface area contributed by atoms with Crippen LogP contribution in [-0.2, 0) is 0 Å². The van der Waals surface area contributed by atoms with Gasteiger partial charge in [0.25, 0.3) is 0 Å². The first-order valence-electron chi connectivity index (χ1n) is 19.3. The smallest absolute Gasteiger partial charge is 0.160 e. The molecule has 0 saturated heterocycles. The van der Waals surface area contributed by atoms with Gasteiger partial charge >= 0.3 is 0 Å². The van der Waals surface area contributed by atoms with Crippen LogP contribution >= 0.6 is 0 Å². The molecule has 0 unspecified atom stereocenters. The largest absolute Gasteiger partial charge is 0.309 e. The lowest BCUT2D eigenvalue weighted by molar-refractivity contribution is 1.18. The number of aromatic nitrogens is 4. The molecule has 0 N–H and O–H groups in total. The summed E-state index contributed by atoms with van der Waals surface area (Å²) in [7, 11) is 0. The second kappa shape index (κ2) is 13.6. The Morgan fingerprint density at radius 3 is 1.65 bits per heavy atom. The average molecular weight is 727 g/mol. The molecule has 0 spiro atoms. The van der Waals surface area contributed by atoms with Gasteiger partial charge in [0.1, 0.15) is 0 Å². The van der Waals surface area contributed by atoms with Crippen LogP contribution in [0.1, 0.15) is 0 Å². The van der Waals surface area contributed by atoms with Crippen molar-refractivity contribution < 1.29 is 0 Å². The van der Waals surface area contributed by atoms with Crippen LogP contribution in [0.2, 0.25) is 0 Å². The molecule has 0 saturated carbocycles. The molecule has 0 fully saturated rings. The molecule has 3 heterocycles. The number of pyridine rings is 1. The predicted molar refractivity (Wildman–Crippen MR) is 236 cm³/mol. The van der Waals surface area contributed by atoms with Gasteiger partial charge < -0.3 is 4.57 Å². The van der Waals surface area contributed by atoms with Gasteiger partial charge in [-0.1, -0.05) is 158 Å². The Kier molecular flexibility index (Phi) is 7.78. The topological polar surface area (TPSA) is 43.6 Å². The molecular formula is C53H34N4. The van der Waals surface area contributed by atoms with Crippen molar-refractivity contribution in [3.63, 3.8) is 0 Å². The highest BCUT2D eigenvalue weighted by molar-refractivity contribution is 6.20. The van der Waals surface area contributed by atoms with Gasteiger partial charge in [0.2, 0.25) is 0 Å². The second-order valence-electron chi connectivity index (χ2n) is 14.4. The minimum atomic E-state index is 0.686. The van der Waals surface area contributed by atoms with E-state index in [-0.39, 0.29) is 0 Å². The molecule has 0 radical (unpaired) electrons. The van der Waals surface area contributed by atoms with Crippen molar-refractivity contribution in [3.8, 4) is 62.0 Å². The maximum Gasteiger partial charge on any atom is 0.160 e. The predicted octanol–water partition coefficient (Wildman–Crippen LogP) is 13.6. The van der Waals surface area contributed by atoms with Gasteiger partial charge in [-0.3, -0.25) is 0 Å². The Balaban J connectivity index is 1.11. The van der Waals surface area contributed by atoms with Crippen LogP contribution in [0.5, 0.6) is 0 Å². The summed E-state index contributed by atoms with van der Waals surface area (Å²) >= 11 is 0. The van der Waals surface area contributed by atoms with Gasteiger partial charge in [-0.2, -0.15) is 0 Å². The first kappa shape index (κ1) is 32.7.